The number of aliphatic hydroxyl groups excluding tert-OH is 1. The first-order valence-electron chi connectivity index (χ1n) is 8.17. The first-order chi connectivity index (χ1) is 12.9. The van der Waals surface area contributed by atoms with E-state index >= 15 is 0 Å². The Kier molecular flexibility index (Phi) is 14.0. The van der Waals surface area contributed by atoms with Crippen molar-refractivity contribution in [3.8, 4) is 0 Å². The fourth-order valence-electron chi connectivity index (χ4n) is 1.77. The topological polar surface area (TPSA) is 212 Å². The third-order valence-corrected chi connectivity index (χ3v) is 3.29. The Balaban J connectivity index is 3.60. The largest absolute Gasteiger partial charge is 0.380 e. The monoisotopic (exact) mass is 393 g/mol. The molecule has 13 nitrogen and oxygen atoms in total. The Bertz CT molecular complexity index is 488. The second kappa shape index (κ2) is 15.1. The molecule has 0 radical (unpaired) electrons. The van der Waals surface area contributed by atoms with Crippen molar-refractivity contribution < 1.29 is 38.7 Å². The molecule has 0 saturated heterocycles. The van der Waals surface area contributed by atoms with Crippen molar-refractivity contribution in [3.05, 3.63) is 10.4 Å². The Morgan fingerprint density at radius 1 is 0.963 bits per heavy atom. The van der Waals surface area contributed by atoms with E-state index in [9.17, 15) is 19.8 Å². The van der Waals surface area contributed by atoms with E-state index < -0.39 is 29.9 Å². The third kappa shape index (κ3) is 11.4. The van der Waals surface area contributed by atoms with E-state index in [1.165, 1.54) is 0 Å². The number of carbonyl (C=O) groups excluding carboxylic acids is 2. The molecule has 0 heterocycles. The molecule has 0 fully saturated rings. The Morgan fingerprint density at radius 3 is 1.81 bits per heavy atom. The van der Waals surface area contributed by atoms with Crippen LogP contribution in [0.2, 0.25) is 0 Å². The van der Waals surface area contributed by atoms with Crippen LogP contribution >= 0.6 is 0 Å². The number of rotatable bonds is 18. The number of carbonyl (C=O) groups is 2. The lowest BCUT2D eigenvalue weighted by Gasteiger charge is -2.27. The predicted molar refractivity (Wildman–Crippen MR) is 91.3 cm³/mol. The van der Waals surface area contributed by atoms with Gasteiger partial charge in [-0.2, -0.15) is 0 Å². The van der Waals surface area contributed by atoms with E-state index in [0.717, 1.165) is 0 Å². The molecule has 0 saturated carbocycles. The number of hydrogen-bond donors (Lipinski definition) is 4. The highest BCUT2D eigenvalue weighted by molar-refractivity contribution is 5.92. The number of nitrogens with two attached hydrogens (primary N) is 2. The summed E-state index contributed by atoms with van der Waals surface area (Å²) in [6.45, 7) is 2.30. The Labute approximate surface area is 156 Å². The van der Waals surface area contributed by atoms with Crippen LogP contribution in [0.1, 0.15) is 6.42 Å². The lowest BCUT2D eigenvalue weighted by molar-refractivity contribution is -0.161. The first kappa shape index (κ1) is 25.0. The molecule has 0 aromatic rings. The van der Waals surface area contributed by atoms with Crippen molar-refractivity contribution in [1.82, 2.24) is 0 Å². The SMILES string of the molecule is [N-]=[N+]=NCCOCCOCCOCCOCCC(O)(C(N)=O)C(O)C(N)=O. The normalized spacial score (nSPS) is 14.1. The van der Waals surface area contributed by atoms with Crippen molar-refractivity contribution in [2.75, 3.05) is 59.4 Å². The average Bonchev–Trinajstić information content (AvgIpc) is 2.63. The molecule has 0 spiro atoms. The summed E-state index contributed by atoms with van der Waals surface area (Å²) in [5.74, 6) is -2.53. The van der Waals surface area contributed by atoms with Crippen LogP contribution in [-0.2, 0) is 28.5 Å². The number of amides is 2. The molecule has 156 valence electrons. The van der Waals surface area contributed by atoms with Gasteiger partial charge >= 0.3 is 0 Å². The highest BCUT2D eigenvalue weighted by atomic mass is 16.6. The second-order valence-electron chi connectivity index (χ2n) is 5.25. The van der Waals surface area contributed by atoms with Crippen LogP contribution in [0, 0.1) is 0 Å². The van der Waals surface area contributed by atoms with Crippen LogP contribution in [0.4, 0.5) is 0 Å². The summed E-state index contributed by atoms with van der Waals surface area (Å²) in [6, 6.07) is 0. The highest BCUT2D eigenvalue weighted by Gasteiger charge is 2.44. The maximum atomic E-state index is 11.2. The van der Waals surface area contributed by atoms with Crippen molar-refractivity contribution in [2.45, 2.75) is 18.1 Å². The zero-order chi connectivity index (χ0) is 20.5. The first-order valence-corrected chi connectivity index (χ1v) is 8.17. The summed E-state index contributed by atoms with van der Waals surface area (Å²) in [4.78, 5) is 24.7. The smallest absolute Gasteiger partial charge is 0.252 e. The van der Waals surface area contributed by atoms with Crippen LogP contribution in [0.5, 0.6) is 0 Å². The molecule has 2 amide bonds. The average molecular weight is 393 g/mol. The van der Waals surface area contributed by atoms with Gasteiger partial charge in [-0.25, -0.2) is 0 Å². The van der Waals surface area contributed by atoms with Crippen LogP contribution in [0.3, 0.4) is 0 Å². The van der Waals surface area contributed by atoms with Crippen molar-refractivity contribution >= 4 is 11.8 Å². The quantitative estimate of drug-likeness (QED) is 0.0866. The van der Waals surface area contributed by atoms with Gasteiger partial charge in [0.25, 0.3) is 5.91 Å². The molecular formula is C14H27N5O8. The van der Waals surface area contributed by atoms with Crippen LogP contribution in [-0.4, -0.2) is 93.1 Å². The molecule has 13 heteroatoms. The molecule has 0 aliphatic rings. The Hall–Kier alpha value is -1.99. The number of azide groups is 1. The zero-order valence-electron chi connectivity index (χ0n) is 15.0. The number of nitrogens with zero attached hydrogens (tertiary/aromatic N) is 3. The molecule has 0 aromatic heterocycles. The summed E-state index contributed by atoms with van der Waals surface area (Å²) in [7, 11) is 0. The van der Waals surface area contributed by atoms with Gasteiger partial charge in [-0.3, -0.25) is 9.59 Å². The standard InChI is InChI=1S/C14H27N5O8/c15-12(21)11(20)14(23,13(16)22)1-3-24-5-7-26-9-10-27-8-6-25-4-2-18-19-17/h11,20,23H,1-10H2,(H2,15,21)(H2,16,22). The molecule has 2 unspecified atom stereocenters. The molecule has 6 N–H and O–H groups in total. The lowest BCUT2D eigenvalue weighted by atomic mass is 9.92. The number of primary amides is 2. The molecule has 0 bridgehead atoms. The Morgan fingerprint density at radius 2 is 1.41 bits per heavy atom. The van der Waals surface area contributed by atoms with Crippen molar-refractivity contribution in [3.63, 3.8) is 0 Å². The number of aliphatic hydroxyl groups is 2. The van der Waals surface area contributed by atoms with Crippen LogP contribution in [0.15, 0.2) is 5.11 Å². The molecule has 2 atom stereocenters. The van der Waals surface area contributed by atoms with E-state index in [1.54, 1.807) is 0 Å². The number of hydrogen-bond acceptors (Lipinski definition) is 9. The summed E-state index contributed by atoms with van der Waals surface area (Å²) in [5, 5.41) is 22.7. The number of ether oxygens (including phenoxy) is 4. The second-order valence-corrected chi connectivity index (χ2v) is 5.25. The van der Waals surface area contributed by atoms with E-state index in [2.05, 4.69) is 10.0 Å². The summed E-state index contributed by atoms with van der Waals surface area (Å²) >= 11 is 0. The van der Waals surface area contributed by atoms with Crippen molar-refractivity contribution in [2.24, 2.45) is 16.6 Å². The summed E-state index contributed by atoms with van der Waals surface area (Å²) in [5.41, 5.74) is 15.4. The summed E-state index contributed by atoms with van der Waals surface area (Å²) in [6.07, 6.45) is -2.51. The minimum absolute atomic E-state index is 0.142. The minimum Gasteiger partial charge on any atom is -0.380 e. The zero-order valence-corrected chi connectivity index (χ0v) is 15.0. The van der Waals surface area contributed by atoms with Gasteiger partial charge in [0.15, 0.2) is 11.7 Å². The van der Waals surface area contributed by atoms with Gasteiger partial charge < -0.3 is 40.6 Å². The van der Waals surface area contributed by atoms with E-state index in [0.29, 0.717) is 33.0 Å². The molecule has 0 aromatic carbocycles. The van der Waals surface area contributed by atoms with Crippen LogP contribution in [0.25, 0.3) is 10.4 Å². The fraction of sp³-hybridized carbons (Fsp3) is 0.857. The van der Waals surface area contributed by atoms with E-state index in [4.69, 9.17) is 35.9 Å². The van der Waals surface area contributed by atoms with Gasteiger partial charge in [-0.1, -0.05) is 5.11 Å². The maximum absolute atomic E-state index is 11.2. The van der Waals surface area contributed by atoms with Crippen LogP contribution < -0.4 is 11.5 Å². The van der Waals surface area contributed by atoms with Gasteiger partial charge in [-0.05, 0) is 5.53 Å². The third-order valence-electron chi connectivity index (χ3n) is 3.29. The van der Waals surface area contributed by atoms with E-state index in [-0.39, 0.29) is 26.4 Å². The predicted octanol–water partition coefficient (Wildman–Crippen LogP) is -2.18. The highest BCUT2D eigenvalue weighted by Crippen LogP contribution is 2.15. The minimum atomic E-state index is -2.48. The molecule has 0 aliphatic carbocycles. The van der Waals surface area contributed by atoms with Gasteiger partial charge in [0.2, 0.25) is 5.91 Å². The van der Waals surface area contributed by atoms with Crippen molar-refractivity contribution in [1.29, 1.82) is 0 Å². The van der Waals surface area contributed by atoms with Gasteiger partial charge in [0.1, 0.15) is 0 Å². The fourth-order valence-corrected chi connectivity index (χ4v) is 1.77. The van der Waals surface area contributed by atoms with Gasteiger partial charge in [0.05, 0.1) is 52.9 Å². The lowest BCUT2D eigenvalue weighted by Crippen LogP contribution is -2.58. The molecule has 27 heavy (non-hydrogen) atoms. The summed E-state index contributed by atoms with van der Waals surface area (Å²) < 4.78 is 20.8. The van der Waals surface area contributed by atoms with Gasteiger partial charge in [0, 0.05) is 17.9 Å². The van der Waals surface area contributed by atoms with Gasteiger partial charge in [-0.15, -0.1) is 0 Å². The maximum Gasteiger partial charge on any atom is 0.252 e. The molecule has 0 rings (SSSR count). The van der Waals surface area contributed by atoms with E-state index in [1.807, 2.05) is 0 Å². The molecular weight excluding hydrogens is 366 g/mol. The molecule has 0 aliphatic heterocycles.